The van der Waals surface area contributed by atoms with E-state index in [9.17, 15) is 22.8 Å². The molecule has 1 saturated heterocycles. The van der Waals surface area contributed by atoms with Crippen molar-refractivity contribution in [2.75, 3.05) is 24.5 Å². The molecule has 1 aromatic carbocycles. The highest BCUT2D eigenvalue weighted by Gasteiger charge is 2.36. The fourth-order valence-electron chi connectivity index (χ4n) is 3.84. The molecule has 0 radical (unpaired) electrons. The summed E-state index contributed by atoms with van der Waals surface area (Å²) in [5.74, 6) is 0.446. The first-order chi connectivity index (χ1) is 15.6. The molecule has 1 fully saturated rings. The average Bonchev–Trinajstić information content (AvgIpc) is 2.80. The average molecular weight is 461 g/mol. The number of piperazine rings is 1. The number of amides is 1. The number of halogens is 3. The Kier molecular flexibility index (Phi) is 5.96. The third kappa shape index (κ3) is 4.62. The van der Waals surface area contributed by atoms with Crippen LogP contribution in [0.25, 0.3) is 10.8 Å². The van der Waals surface area contributed by atoms with Gasteiger partial charge in [-0.1, -0.05) is 32.0 Å². The number of benzene rings is 1. The minimum Gasteiger partial charge on any atom is -0.408 e. The van der Waals surface area contributed by atoms with Crippen LogP contribution >= 0.6 is 0 Å². The summed E-state index contributed by atoms with van der Waals surface area (Å²) in [6, 6.07) is 6.53. The van der Waals surface area contributed by atoms with Crippen LogP contribution in [0.4, 0.5) is 23.9 Å². The van der Waals surface area contributed by atoms with Crippen molar-refractivity contribution in [1.29, 1.82) is 0 Å². The number of ether oxygens (including phenoxy) is 1. The lowest BCUT2D eigenvalue weighted by Crippen LogP contribution is -2.58. The second kappa shape index (κ2) is 8.72. The molecule has 33 heavy (non-hydrogen) atoms. The van der Waals surface area contributed by atoms with Crippen LogP contribution in [0.2, 0.25) is 0 Å². The molecule has 8 nitrogen and oxygen atoms in total. The monoisotopic (exact) mass is 461 g/mol. The molecule has 0 saturated carbocycles. The van der Waals surface area contributed by atoms with Gasteiger partial charge in [0.05, 0.1) is 17.0 Å². The van der Waals surface area contributed by atoms with E-state index < -0.39 is 17.8 Å². The minimum atomic E-state index is -4.51. The van der Waals surface area contributed by atoms with Crippen molar-refractivity contribution in [2.24, 2.45) is 5.92 Å². The second-order valence-electron chi connectivity index (χ2n) is 8.12. The van der Waals surface area contributed by atoms with Crippen molar-refractivity contribution in [2.45, 2.75) is 26.1 Å². The molecule has 1 unspecified atom stereocenters. The first-order valence-electron chi connectivity index (χ1n) is 10.4. The van der Waals surface area contributed by atoms with Gasteiger partial charge < -0.3 is 19.5 Å². The predicted molar refractivity (Wildman–Crippen MR) is 115 cm³/mol. The van der Waals surface area contributed by atoms with Gasteiger partial charge in [-0.3, -0.25) is 4.79 Å². The van der Waals surface area contributed by atoms with E-state index in [1.165, 1.54) is 6.20 Å². The van der Waals surface area contributed by atoms with E-state index in [1.807, 2.05) is 13.8 Å². The molecule has 2 aromatic heterocycles. The van der Waals surface area contributed by atoms with Crippen molar-refractivity contribution in [3.8, 4) is 5.75 Å². The zero-order valence-corrected chi connectivity index (χ0v) is 18.0. The normalized spacial score (nSPS) is 17.0. The number of anilines is 1. The molecule has 0 bridgehead atoms. The summed E-state index contributed by atoms with van der Waals surface area (Å²) >= 11 is 0. The van der Waals surface area contributed by atoms with Crippen LogP contribution in [-0.2, 0) is 6.18 Å². The molecule has 3 heterocycles. The van der Waals surface area contributed by atoms with Gasteiger partial charge in [-0.2, -0.15) is 13.2 Å². The van der Waals surface area contributed by atoms with Crippen molar-refractivity contribution in [1.82, 2.24) is 19.9 Å². The number of fused-ring (bicyclic) bond motifs is 1. The quantitative estimate of drug-likeness (QED) is 0.640. The zero-order valence-electron chi connectivity index (χ0n) is 18.0. The number of hydrogen-bond acceptors (Lipinski definition) is 6. The number of H-pyrrole nitrogens is 1. The fraction of sp³-hybridized carbons (Fsp3) is 0.364. The molecule has 11 heteroatoms. The summed E-state index contributed by atoms with van der Waals surface area (Å²) in [5, 5.41) is 0.931. The summed E-state index contributed by atoms with van der Waals surface area (Å²) in [6.07, 6.45) is -2.20. The Labute approximate surface area is 187 Å². The smallest absolute Gasteiger partial charge is 0.408 e. The molecule has 1 amide bonds. The van der Waals surface area contributed by atoms with E-state index in [0.717, 1.165) is 12.4 Å². The highest BCUT2D eigenvalue weighted by atomic mass is 19.4. The Morgan fingerprint density at radius 3 is 2.45 bits per heavy atom. The lowest BCUT2D eigenvalue weighted by atomic mass is 10.00. The molecule has 1 N–H and O–H groups in total. The highest BCUT2D eigenvalue weighted by Crippen LogP contribution is 2.29. The van der Waals surface area contributed by atoms with Gasteiger partial charge in [0.15, 0.2) is 5.75 Å². The Hall–Kier alpha value is -3.63. The SMILES string of the molecule is CC(C)C1CN(c2ncc(C(F)(F)F)cn2)CCN1C(=O)Oc1c[nH]c(=O)c2ccccc12. The number of aromatic nitrogens is 3. The fourth-order valence-corrected chi connectivity index (χ4v) is 3.84. The number of rotatable bonds is 3. The lowest BCUT2D eigenvalue weighted by Gasteiger charge is -2.42. The van der Waals surface area contributed by atoms with Crippen molar-refractivity contribution in [3.63, 3.8) is 0 Å². The summed E-state index contributed by atoms with van der Waals surface area (Å²) in [6.45, 7) is 4.82. The Morgan fingerprint density at radius 2 is 1.82 bits per heavy atom. The topological polar surface area (TPSA) is 91.4 Å². The van der Waals surface area contributed by atoms with Gasteiger partial charge in [0, 0.05) is 43.6 Å². The number of nitrogens with zero attached hydrogens (tertiary/aromatic N) is 4. The predicted octanol–water partition coefficient (Wildman–Crippen LogP) is 3.68. The standard InChI is InChI=1S/C22H22F3N5O3/c1-13(2)17-12-29(20-27-9-14(10-28-20)22(23,24)25)7-8-30(17)21(32)33-18-11-26-19(31)16-6-4-3-5-15(16)18/h3-6,9-11,13,17H,7-8,12H2,1-2H3,(H,26,31). The second-order valence-corrected chi connectivity index (χ2v) is 8.12. The Morgan fingerprint density at radius 1 is 1.15 bits per heavy atom. The molecule has 3 aromatic rings. The summed E-state index contributed by atoms with van der Waals surface area (Å²) in [7, 11) is 0. The third-order valence-electron chi connectivity index (χ3n) is 5.64. The summed E-state index contributed by atoms with van der Waals surface area (Å²) in [4.78, 5) is 38.7. The maximum Gasteiger partial charge on any atom is 0.419 e. The zero-order chi connectivity index (χ0) is 23.8. The molecular formula is C22H22F3N5O3. The largest absolute Gasteiger partial charge is 0.419 e. The molecule has 1 aliphatic rings. The molecule has 174 valence electrons. The number of alkyl halides is 3. The first kappa shape index (κ1) is 22.6. The number of pyridine rings is 1. The van der Waals surface area contributed by atoms with Gasteiger partial charge in [-0.25, -0.2) is 14.8 Å². The van der Waals surface area contributed by atoms with E-state index in [2.05, 4.69) is 15.0 Å². The van der Waals surface area contributed by atoms with Crippen LogP contribution in [-0.4, -0.2) is 51.6 Å². The van der Waals surface area contributed by atoms with E-state index >= 15 is 0 Å². The minimum absolute atomic E-state index is 0.0297. The van der Waals surface area contributed by atoms with Crippen molar-refractivity contribution in [3.05, 3.63) is 58.8 Å². The van der Waals surface area contributed by atoms with Crippen LogP contribution < -0.4 is 15.2 Å². The number of aromatic amines is 1. The molecule has 0 aliphatic carbocycles. The van der Waals surface area contributed by atoms with Gasteiger partial charge in [0.25, 0.3) is 5.56 Å². The Bertz CT molecular complexity index is 1210. The van der Waals surface area contributed by atoms with Gasteiger partial charge in [0.1, 0.15) is 0 Å². The van der Waals surface area contributed by atoms with Crippen LogP contribution in [0.3, 0.4) is 0 Å². The van der Waals surface area contributed by atoms with Crippen LogP contribution in [0.1, 0.15) is 19.4 Å². The van der Waals surface area contributed by atoms with Gasteiger partial charge >= 0.3 is 12.3 Å². The maximum absolute atomic E-state index is 13.0. The highest BCUT2D eigenvalue weighted by molar-refractivity contribution is 5.89. The number of carbonyl (C=O) groups excluding carboxylic acids is 1. The van der Waals surface area contributed by atoms with Crippen LogP contribution in [0.5, 0.6) is 5.75 Å². The molecule has 0 spiro atoms. The molecule has 1 atom stereocenters. The molecule has 4 rings (SSSR count). The van der Waals surface area contributed by atoms with E-state index in [4.69, 9.17) is 4.74 Å². The van der Waals surface area contributed by atoms with Gasteiger partial charge in [0.2, 0.25) is 5.95 Å². The molecule has 1 aliphatic heterocycles. The Balaban J connectivity index is 1.52. The van der Waals surface area contributed by atoms with E-state index in [-0.39, 0.29) is 35.8 Å². The van der Waals surface area contributed by atoms with Gasteiger partial charge in [-0.15, -0.1) is 0 Å². The summed E-state index contributed by atoms with van der Waals surface area (Å²) in [5.41, 5.74) is -1.20. The van der Waals surface area contributed by atoms with Crippen molar-refractivity contribution >= 4 is 22.8 Å². The summed E-state index contributed by atoms with van der Waals surface area (Å²) < 4.78 is 44.0. The van der Waals surface area contributed by atoms with Crippen molar-refractivity contribution < 1.29 is 22.7 Å². The number of carbonyl (C=O) groups is 1. The van der Waals surface area contributed by atoms with Crippen LogP contribution in [0, 0.1) is 5.92 Å². The third-order valence-corrected chi connectivity index (χ3v) is 5.64. The number of nitrogens with one attached hydrogen (secondary N) is 1. The van der Waals surface area contributed by atoms with Crippen LogP contribution in [0.15, 0.2) is 47.7 Å². The lowest BCUT2D eigenvalue weighted by molar-refractivity contribution is -0.138. The number of hydrogen-bond donors (Lipinski definition) is 1. The van der Waals surface area contributed by atoms with Gasteiger partial charge in [-0.05, 0) is 12.0 Å². The maximum atomic E-state index is 13.0. The van der Waals surface area contributed by atoms with E-state index in [0.29, 0.717) is 23.9 Å². The van der Waals surface area contributed by atoms with E-state index in [1.54, 1.807) is 34.1 Å². The molecular weight excluding hydrogens is 439 g/mol. The first-order valence-corrected chi connectivity index (χ1v) is 10.4.